The van der Waals surface area contributed by atoms with E-state index in [1.807, 2.05) is 66.7 Å². The molecule has 146 valence electrons. The van der Waals surface area contributed by atoms with Gasteiger partial charge in [-0.3, -0.25) is 0 Å². The molecule has 0 bridgehead atoms. The maximum absolute atomic E-state index is 6.07. The summed E-state index contributed by atoms with van der Waals surface area (Å²) < 4.78 is 22.7. The zero-order valence-corrected chi connectivity index (χ0v) is 16.2. The first kappa shape index (κ1) is 19.6. The Kier molecular flexibility index (Phi) is 6.76. The second-order valence-electron chi connectivity index (χ2n) is 6.14. The minimum Gasteiger partial charge on any atom is -0.497 e. The van der Waals surface area contributed by atoms with Crippen molar-refractivity contribution in [1.82, 2.24) is 0 Å². The number of nitrogens with two attached hydrogens (primary N) is 1. The standard InChI is InChI=1S/C23H25NO4/c1-25-19-9-10-20(22(15-19)26-2)18-8-11-21(27-13-12-24)23(14-18)28-16-17-6-4-3-5-7-17/h3-11,14-15H,12-13,16,24H2,1-2H3. The monoisotopic (exact) mass is 379 g/mol. The van der Waals surface area contributed by atoms with E-state index >= 15 is 0 Å². The van der Waals surface area contributed by atoms with Gasteiger partial charge in [0, 0.05) is 18.2 Å². The predicted molar refractivity (Wildman–Crippen MR) is 110 cm³/mol. The van der Waals surface area contributed by atoms with E-state index in [9.17, 15) is 0 Å². The summed E-state index contributed by atoms with van der Waals surface area (Å²) in [6, 6.07) is 21.6. The summed E-state index contributed by atoms with van der Waals surface area (Å²) in [4.78, 5) is 0. The molecule has 0 fully saturated rings. The second-order valence-corrected chi connectivity index (χ2v) is 6.14. The average molecular weight is 379 g/mol. The van der Waals surface area contributed by atoms with Crippen molar-refractivity contribution < 1.29 is 18.9 Å². The third-order valence-corrected chi connectivity index (χ3v) is 4.28. The molecular formula is C23H25NO4. The Hall–Kier alpha value is -3.18. The van der Waals surface area contributed by atoms with E-state index in [2.05, 4.69) is 0 Å². The molecule has 5 nitrogen and oxygen atoms in total. The lowest BCUT2D eigenvalue weighted by atomic mass is 10.0. The number of rotatable bonds is 9. The van der Waals surface area contributed by atoms with Crippen molar-refractivity contribution in [3.05, 3.63) is 72.3 Å². The van der Waals surface area contributed by atoms with Crippen LogP contribution in [0.2, 0.25) is 0 Å². The largest absolute Gasteiger partial charge is 0.497 e. The van der Waals surface area contributed by atoms with Crippen LogP contribution in [0.15, 0.2) is 66.7 Å². The molecule has 0 unspecified atom stereocenters. The molecule has 3 rings (SSSR count). The molecule has 0 atom stereocenters. The number of ether oxygens (including phenoxy) is 4. The van der Waals surface area contributed by atoms with E-state index in [1.165, 1.54) is 0 Å². The lowest BCUT2D eigenvalue weighted by molar-refractivity contribution is 0.266. The summed E-state index contributed by atoms with van der Waals surface area (Å²) in [5.41, 5.74) is 8.57. The fourth-order valence-electron chi connectivity index (χ4n) is 2.85. The van der Waals surface area contributed by atoms with Crippen LogP contribution in [-0.2, 0) is 6.61 Å². The summed E-state index contributed by atoms with van der Waals surface area (Å²) in [7, 11) is 3.28. The van der Waals surface area contributed by atoms with Crippen LogP contribution in [-0.4, -0.2) is 27.4 Å². The summed E-state index contributed by atoms with van der Waals surface area (Å²) in [5, 5.41) is 0. The van der Waals surface area contributed by atoms with Gasteiger partial charge in [0.1, 0.15) is 24.7 Å². The zero-order chi connectivity index (χ0) is 19.8. The second kappa shape index (κ2) is 9.67. The Labute approximate surface area is 165 Å². The topological polar surface area (TPSA) is 62.9 Å². The number of hydrogen-bond acceptors (Lipinski definition) is 5. The van der Waals surface area contributed by atoms with Crippen LogP contribution in [0.3, 0.4) is 0 Å². The SMILES string of the molecule is COc1ccc(-c2ccc(OCCN)c(OCc3ccccc3)c2)c(OC)c1. The normalized spacial score (nSPS) is 10.4. The van der Waals surface area contributed by atoms with E-state index in [4.69, 9.17) is 24.7 Å². The molecule has 28 heavy (non-hydrogen) atoms. The smallest absolute Gasteiger partial charge is 0.162 e. The van der Waals surface area contributed by atoms with Crippen molar-refractivity contribution in [1.29, 1.82) is 0 Å². The van der Waals surface area contributed by atoms with Crippen molar-refractivity contribution in [2.45, 2.75) is 6.61 Å². The molecule has 2 N–H and O–H groups in total. The molecule has 0 aromatic heterocycles. The molecular weight excluding hydrogens is 354 g/mol. The molecule has 3 aromatic rings. The zero-order valence-electron chi connectivity index (χ0n) is 16.2. The summed E-state index contributed by atoms with van der Waals surface area (Å²) in [6.07, 6.45) is 0. The van der Waals surface area contributed by atoms with E-state index in [-0.39, 0.29) is 0 Å². The highest BCUT2D eigenvalue weighted by Crippen LogP contribution is 2.38. The van der Waals surface area contributed by atoms with Crippen LogP contribution < -0.4 is 24.7 Å². The van der Waals surface area contributed by atoms with Crippen molar-refractivity contribution in [3.8, 4) is 34.1 Å². The third-order valence-electron chi connectivity index (χ3n) is 4.28. The lowest BCUT2D eigenvalue weighted by Gasteiger charge is -2.16. The van der Waals surface area contributed by atoms with Crippen LogP contribution in [0.1, 0.15) is 5.56 Å². The number of benzene rings is 3. The molecule has 0 saturated heterocycles. The Balaban J connectivity index is 1.92. The highest BCUT2D eigenvalue weighted by atomic mass is 16.5. The molecule has 0 aliphatic rings. The van der Waals surface area contributed by atoms with E-state index in [0.717, 1.165) is 28.2 Å². The van der Waals surface area contributed by atoms with Gasteiger partial charge < -0.3 is 24.7 Å². The minimum absolute atomic E-state index is 0.424. The molecule has 0 aliphatic carbocycles. The van der Waals surface area contributed by atoms with Gasteiger partial charge in [-0.05, 0) is 35.4 Å². The van der Waals surface area contributed by atoms with Crippen LogP contribution in [0.4, 0.5) is 0 Å². The third kappa shape index (κ3) is 4.75. The minimum atomic E-state index is 0.424. The molecule has 5 heteroatoms. The number of hydrogen-bond donors (Lipinski definition) is 1. The van der Waals surface area contributed by atoms with Gasteiger partial charge in [-0.2, -0.15) is 0 Å². The van der Waals surface area contributed by atoms with Gasteiger partial charge in [0.2, 0.25) is 0 Å². The molecule has 0 heterocycles. The van der Waals surface area contributed by atoms with Gasteiger partial charge in [0.05, 0.1) is 14.2 Å². The Morgan fingerprint density at radius 3 is 2.29 bits per heavy atom. The molecule has 0 spiro atoms. The fraction of sp³-hybridized carbons (Fsp3) is 0.217. The molecule has 0 radical (unpaired) electrons. The quantitative estimate of drug-likeness (QED) is 0.601. The van der Waals surface area contributed by atoms with Gasteiger partial charge in [0.25, 0.3) is 0 Å². The van der Waals surface area contributed by atoms with Gasteiger partial charge in [-0.25, -0.2) is 0 Å². The first-order chi connectivity index (χ1) is 13.7. The Morgan fingerprint density at radius 1 is 0.750 bits per heavy atom. The maximum Gasteiger partial charge on any atom is 0.162 e. The summed E-state index contributed by atoms with van der Waals surface area (Å²) in [5.74, 6) is 2.79. The van der Waals surface area contributed by atoms with Crippen LogP contribution in [0, 0.1) is 0 Å². The van der Waals surface area contributed by atoms with Gasteiger partial charge in [-0.15, -0.1) is 0 Å². The first-order valence-corrected chi connectivity index (χ1v) is 9.11. The average Bonchev–Trinajstić information content (AvgIpc) is 2.76. The highest BCUT2D eigenvalue weighted by Gasteiger charge is 2.12. The van der Waals surface area contributed by atoms with Crippen LogP contribution >= 0.6 is 0 Å². The Morgan fingerprint density at radius 2 is 1.57 bits per heavy atom. The predicted octanol–water partition coefficient (Wildman–Crippen LogP) is 4.29. The van der Waals surface area contributed by atoms with Crippen molar-refractivity contribution in [3.63, 3.8) is 0 Å². The fourth-order valence-corrected chi connectivity index (χ4v) is 2.85. The van der Waals surface area contributed by atoms with Gasteiger partial charge in [0.15, 0.2) is 11.5 Å². The lowest BCUT2D eigenvalue weighted by Crippen LogP contribution is -2.11. The van der Waals surface area contributed by atoms with Crippen molar-refractivity contribution in [2.24, 2.45) is 5.73 Å². The van der Waals surface area contributed by atoms with Crippen LogP contribution in [0.5, 0.6) is 23.0 Å². The van der Waals surface area contributed by atoms with Gasteiger partial charge >= 0.3 is 0 Å². The molecule has 0 aliphatic heterocycles. The molecule has 3 aromatic carbocycles. The first-order valence-electron chi connectivity index (χ1n) is 9.11. The van der Waals surface area contributed by atoms with Crippen molar-refractivity contribution in [2.75, 3.05) is 27.4 Å². The Bertz CT molecular complexity index is 896. The van der Waals surface area contributed by atoms with E-state index in [1.54, 1.807) is 14.2 Å². The maximum atomic E-state index is 6.07. The van der Waals surface area contributed by atoms with E-state index in [0.29, 0.717) is 31.3 Å². The van der Waals surface area contributed by atoms with Crippen LogP contribution in [0.25, 0.3) is 11.1 Å². The summed E-state index contributed by atoms with van der Waals surface area (Å²) >= 11 is 0. The van der Waals surface area contributed by atoms with Gasteiger partial charge in [-0.1, -0.05) is 36.4 Å². The van der Waals surface area contributed by atoms with E-state index < -0.39 is 0 Å². The van der Waals surface area contributed by atoms with Crippen molar-refractivity contribution >= 4 is 0 Å². The number of methoxy groups -OCH3 is 2. The molecule has 0 amide bonds. The molecule has 0 saturated carbocycles. The summed E-state index contributed by atoms with van der Waals surface area (Å²) in [6.45, 7) is 1.31. The highest BCUT2D eigenvalue weighted by molar-refractivity contribution is 5.73.